The van der Waals surface area contributed by atoms with Gasteiger partial charge < -0.3 is 4.42 Å². The highest BCUT2D eigenvalue weighted by atomic mass is 35.5. The van der Waals surface area contributed by atoms with Gasteiger partial charge in [0.2, 0.25) is 0 Å². The summed E-state index contributed by atoms with van der Waals surface area (Å²) in [7, 11) is 0. The van der Waals surface area contributed by atoms with Gasteiger partial charge in [-0.2, -0.15) is 5.10 Å². The smallest absolute Gasteiger partial charge is 0.271 e. The Balaban J connectivity index is 2.10. The molecule has 0 fully saturated rings. The number of carbonyl (C=O) groups is 1. The SMILES string of the molecule is C/C(=N/NC(=O)c1ccc(Cl)cc1)c1oc(C)cc1C. The van der Waals surface area contributed by atoms with E-state index in [0.717, 1.165) is 11.3 Å². The van der Waals surface area contributed by atoms with E-state index in [4.69, 9.17) is 16.0 Å². The molecule has 4 nitrogen and oxygen atoms in total. The second kappa shape index (κ2) is 5.92. The molecule has 1 amide bonds. The Kier molecular flexibility index (Phi) is 4.25. The summed E-state index contributed by atoms with van der Waals surface area (Å²) < 4.78 is 5.53. The third-order valence-electron chi connectivity index (χ3n) is 2.80. The quantitative estimate of drug-likeness (QED) is 0.692. The predicted molar refractivity (Wildman–Crippen MR) is 79.3 cm³/mol. The van der Waals surface area contributed by atoms with Crippen molar-refractivity contribution < 1.29 is 9.21 Å². The van der Waals surface area contributed by atoms with Crippen molar-refractivity contribution in [3.63, 3.8) is 0 Å². The molecular weight excluding hydrogens is 276 g/mol. The number of aryl methyl sites for hydroxylation is 2. The van der Waals surface area contributed by atoms with Crippen molar-refractivity contribution in [1.82, 2.24) is 5.43 Å². The van der Waals surface area contributed by atoms with Gasteiger partial charge in [-0.05, 0) is 56.7 Å². The molecule has 1 heterocycles. The van der Waals surface area contributed by atoms with E-state index >= 15 is 0 Å². The first-order chi connectivity index (χ1) is 9.47. The zero-order valence-corrected chi connectivity index (χ0v) is 12.3. The lowest BCUT2D eigenvalue weighted by atomic mass is 10.2. The Morgan fingerprint density at radius 1 is 1.25 bits per heavy atom. The molecule has 0 aliphatic rings. The van der Waals surface area contributed by atoms with Gasteiger partial charge >= 0.3 is 0 Å². The summed E-state index contributed by atoms with van der Waals surface area (Å²) in [5, 5.41) is 4.64. The first-order valence-corrected chi connectivity index (χ1v) is 6.53. The molecule has 0 spiro atoms. The molecule has 0 aliphatic heterocycles. The third-order valence-corrected chi connectivity index (χ3v) is 3.05. The maximum absolute atomic E-state index is 11.9. The highest BCUT2D eigenvalue weighted by Crippen LogP contribution is 2.14. The van der Waals surface area contributed by atoms with Gasteiger partial charge in [-0.3, -0.25) is 4.79 Å². The zero-order chi connectivity index (χ0) is 14.7. The largest absolute Gasteiger partial charge is 0.460 e. The second-order valence-electron chi connectivity index (χ2n) is 4.51. The summed E-state index contributed by atoms with van der Waals surface area (Å²) >= 11 is 5.77. The number of hydrogen-bond donors (Lipinski definition) is 1. The van der Waals surface area contributed by atoms with E-state index in [2.05, 4.69) is 10.5 Å². The van der Waals surface area contributed by atoms with Crippen LogP contribution in [0, 0.1) is 13.8 Å². The van der Waals surface area contributed by atoms with Crippen LogP contribution >= 0.6 is 11.6 Å². The van der Waals surface area contributed by atoms with Crippen LogP contribution in [0.5, 0.6) is 0 Å². The summed E-state index contributed by atoms with van der Waals surface area (Å²) in [5.41, 5.74) is 4.61. The van der Waals surface area contributed by atoms with Crippen LogP contribution in [-0.2, 0) is 0 Å². The normalized spacial score (nSPS) is 11.5. The number of carbonyl (C=O) groups excluding carboxylic acids is 1. The highest BCUT2D eigenvalue weighted by Gasteiger charge is 2.09. The van der Waals surface area contributed by atoms with Crippen molar-refractivity contribution in [1.29, 1.82) is 0 Å². The third kappa shape index (κ3) is 3.27. The number of amides is 1. The van der Waals surface area contributed by atoms with Crippen LogP contribution in [0.1, 0.15) is 34.4 Å². The fraction of sp³-hybridized carbons (Fsp3) is 0.200. The molecule has 0 saturated heterocycles. The topological polar surface area (TPSA) is 54.6 Å². The number of benzene rings is 1. The van der Waals surface area contributed by atoms with E-state index < -0.39 is 0 Å². The van der Waals surface area contributed by atoms with Crippen LogP contribution in [0.15, 0.2) is 39.9 Å². The van der Waals surface area contributed by atoms with Crippen molar-refractivity contribution in [3.8, 4) is 0 Å². The van der Waals surface area contributed by atoms with Gasteiger partial charge in [-0.1, -0.05) is 11.6 Å². The molecule has 0 saturated carbocycles. The number of halogens is 1. The Bertz CT molecular complexity index is 657. The fourth-order valence-electron chi connectivity index (χ4n) is 1.85. The van der Waals surface area contributed by atoms with Crippen molar-refractivity contribution in [2.24, 2.45) is 5.10 Å². The minimum absolute atomic E-state index is 0.290. The van der Waals surface area contributed by atoms with Crippen LogP contribution in [0.4, 0.5) is 0 Å². The summed E-state index contributed by atoms with van der Waals surface area (Å²) in [6, 6.07) is 8.53. The number of rotatable bonds is 3. The second-order valence-corrected chi connectivity index (χ2v) is 4.95. The highest BCUT2D eigenvalue weighted by molar-refractivity contribution is 6.30. The molecular formula is C15H15ClN2O2. The number of furan rings is 1. The van der Waals surface area contributed by atoms with E-state index in [1.807, 2.05) is 19.9 Å². The van der Waals surface area contributed by atoms with Crippen LogP contribution in [0.3, 0.4) is 0 Å². The molecule has 1 N–H and O–H groups in total. The molecule has 0 radical (unpaired) electrons. The lowest BCUT2D eigenvalue weighted by Crippen LogP contribution is -2.19. The van der Waals surface area contributed by atoms with Gasteiger partial charge in [0, 0.05) is 10.6 Å². The minimum Gasteiger partial charge on any atom is -0.460 e. The Hall–Kier alpha value is -2.07. The van der Waals surface area contributed by atoms with E-state index in [-0.39, 0.29) is 5.91 Å². The van der Waals surface area contributed by atoms with Crippen LogP contribution in [0.2, 0.25) is 5.02 Å². The molecule has 0 aliphatic carbocycles. The minimum atomic E-state index is -0.290. The van der Waals surface area contributed by atoms with Crippen LogP contribution < -0.4 is 5.43 Å². The van der Waals surface area contributed by atoms with Crippen molar-refractivity contribution >= 4 is 23.2 Å². The average molecular weight is 291 g/mol. The molecule has 1 aromatic heterocycles. The van der Waals surface area contributed by atoms with Crippen LogP contribution in [0.25, 0.3) is 0 Å². The monoisotopic (exact) mass is 290 g/mol. The maximum Gasteiger partial charge on any atom is 0.271 e. The maximum atomic E-state index is 11.9. The summed E-state index contributed by atoms with van der Waals surface area (Å²) in [6.45, 7) is 5.59. The molecule has 0 unspecified atom stereocenters. The molecule has 104 valence electrons. The predicted octanol–water partition coefficient (Wildman–Crippen LogP) is 3.70. The molecule has 2 aromatic rings. The Labute approximate surface area is 122 Å². The Morgan fingerprint density at radius 3 is 2.45 bits per heavy atom. The molecule has 5 heteroatoms. The van der Waals surface area contributed by atoms with Gasteiger partial charge in [0.05, 0.1) is 0 Å². The number of nitrogens with one attached hydrogen (secondary N) is 1. The van der Waals surface area contributed by atoms with Gasteiger partial charge in [-0.25, -0.2) is 5.43 Å². The van der Waals surface area contributed by atoms with Gasteiger partial charge in [0.15, 0.2) is 5.76 Å². The number of nitrogens with zero attached hydrogens (tertiary/aromatic N) is 1. The summed E-state index contributed by atoms with van der Waals surface area (Å²) in [6.07, 6.45) is 0. The fourth-order valence-corrected chi connectivity index (χ4v) is 1.98. The molecule has 1 aromatic carbocycles. The van der Waals surface area contributed by atoms with Crippen LogP contribution in [-0.4, -0.2) is 11.6 Å². The molecule has 2 rings (SSSR count). The average Bonchev–Trinajstić information content (AvgIpc) is 2.75. The van der Waals surface area contributed by atoms with Gasteiger partial charge in [0.1, 0.15) is 11.5 Å². The van der Waals surface area contributed by atoms with E-state index in [1.54, 1.807) is 31.2 Å². The molecule has 0 atom stereocenters. The van der Waals surface area contributed by atoms with E-state index in [1.165, 1.54) is 0 Å². The number of hydrogen-bond acceptors (Lipinski definition) is 3. The van der Waals surface area contributed by atoms with Crippen molar-refractivity contribution in [2.75, 3.05) is 0 Å². The molecule has 20 heavy (non-hydrogen) atoms. The lowest BCUT2D eigenvalue weighted by Gasteiger charge is -2.02. The summed E-state index contributed by atoms with van der Waals surface area (Å²) in [4.78, 5) is 11.9. The molecule has 0 bridgehead atoms. The zero-order valence-electron chi connectivity index (χ0n) is 11.5. The first kappa shape index (κ1) is 14.3. The van der Waals surface area contributed by atoms with Crippen molar-refractivity contribution in [3.05, 3.63) is 58.0 Å². The number of hydrazone groups is 1. The van der Waals surface area contributed by atoms with Gasteiger partial charge in [-0.15, -0.1) is 0 Å². The Morgan fingerprint density at radius 2 is 1.90 bits per heavy atom. The van der Waals surface area contributed by atoms with E-state index in [0.29, 0.717) is 22.1 Å². The van der Waals surface area contributed by atoms with Crippen molar-refractivity contribution in [2.45, 2.75) is 20.8 Å². The standard InChI is InChI=1S/C15H15ClN2O2/c1-9-8-10(2)20-14(9)11(3)17-18-15(19)12-4-6-13(16)7-5-12/h4-8H,1-3H3,(H,18,19)/b17-11-. The summed E-state index contributed by atoms with van der Waals surface area (Å²) in [5.74, 6) is 1.21. The lowest BCUT2D eigenvalue weighted by molar-refractivity contribution is 0.0955. The first-order valence-electron chi connectivity index (χ1n) is 6.15. The van der Waals surface area contributed by atoms with E-state index in [9.17, 15) is 4.79 Å². The van der Waals surface area contributed by atoms with Gasteiger partial charge in [0.25, 0.3) is 5.91 Å².